The molecule has 2 unspecified atom stereocenters. The molecular formula is C22H24N4O3. The molecule has 3 heterocycles. The maximum Gasteiger partial charge on any atom is 0.267 e. The van der Waals surface area contributed by atoms with E-state index in [-0.39, 0.29) is 17.4 Å². The summed E-state index contributed by atoms with van der Waals surface area (Å²) in [5.74, 6) is 0.680. The Kier molecular flexibility index (Phi) is 4.45. The maximum atomic E-state index is 13.2. The molecule has 0 saturated carbocycles. The number of rotatable bonds is 3. The lowest BCUT2D eigenvalue weighted by molar-refractivity contribution is -0.136. The maximum absolute atomic E-state index is 13.2. The fraction of sp³-hybridized carbons (Fsp3) is 0.455. The number of likely N-dealkylation sites (tertiary alicyclic amines) is 1. The van der Waals surface area contributed by atoms with E-state index in [1.165, 1.54) is 4.68 Å². The molecule has 7 heteroatoms. The Morgan fingerprint density at radius 2 is 2.10 bits per heavy atom. The molecule has 5 rings (SSSR count). The first-order chi connectivity index (χ1) is 14.1. The van der Waals surface area contributed by atoms with Gasteiger partial charge in [-0.15, -0.1) is 0 Å². The molecular weight excluding hydrogens is 368 g/mol. The number of hydrogen-bond acceptors (Lipinski definition) is 5. The van der Waals surface area contributed by atoms with Crippen molar-refractivity contribution in [2.75, 3.05) is 13.1 Å². The number of benzene rings is 1. The summed E-state index contributed by atoms with van der Waals surface area (Å²) in [5.41, 5.74) is 3.40. The predicted molar refractivity (Wildman–Crippen MR) is 108 cm³/mol. The molecule has 1 saturated heterocycles. The summed E-state index contributed by atoms with van der Waals surface area (Å²) in [5, 5.41) is 4.50. The number of oxazole rings is 1. The fourth-order valence-corrected chi connectivity index (χ4v) is 4.51. The van der Waals surface area contributed by atoms with E-state index in [4.69, 9.17) is 4.42 Å². The normalized spacial score (nSPS) is 20.0. The first-order valence-corrected chi connectivity index (χ1v) is 10.4. The molecule has 1 amide bonds. The van der Waals surface area contributed by atoms with Gasteiger partial charge >= 0.3 is 0 Å². The van der Waals surface area contributed by atoms with Crippen molar-refractivity contribution in [2.45, 2.75) is 51.0 Å². The zero-order chi connectivity index (χ0) is 20.0. The van der Waals surface area contributed by atoms with Crippen LogP contribution in [-0.4, -0.2) is 38.7 Å². The number of nitrogens with zero attached hydrogens (tertiary/aromatic N) is 4. The molecule has 29 heavy (non-hydrogen) atoms. The van der Waals surface area contributed by atoms with Crippen molar-refractivity contribution in [3.05, 3.63) is 57.8 Å². The van der Waals surface area contributed by atoms with Gasteiger partial charge in [-0.1, -0.05) is 12.1 Å². The Labute approximate surface area is 168 Å². The third kappa shape index (κ3) is 3.24. The third-order valence-corrected chi connectivity index (χ3v) is 6.10. The van der Waals surface area contributed by atoms with Crippen LogP contribution < -0.4 is 5.56 Å². The number of piperidine rings is 1. The number of hydrogen-bond donors (Lipinski definition) is 0. The topological polar surface area (TPSA) is 81.2 Å². The van der Waals surface area contributed by atoms with Gasteiger partial charge in [0, 0.05) is 19.2 Å². The van der Waals surface area contributed by atoms with Crippen LogP contribution in [0.5, 0.6) is 0 Å². The minimum Gasteiger partial charge on any atom is -0.440 e. The van der Waals surface area contributed by atoms with Crippen molar-refractivity contribution < 1.29 is 9.21 Å². The zero-order valence-corrected chi connectivity index (χ0v) is 16.5. The summed E-state index contributed by atoms with van der Waals surface area (Å²) >= 11 is 0. The predicted octanol–water partition coefficient (Wildman–Crippen LogP) is 2.84. The lowest BCUT2D eigenvalue weighted by atomic mass is 9.97. The summed E-state index contributed by atoms with van der Waals surface area (Å²) in [6.45, 7) is 3.00. The average Bonchev–Trinajstić information content (AvgIpc) is 3.38. The molecule has 1 fully saturated rings. The Hall–Kier alpha value is -2.96. The number of fused-ring (bicyclic) bond motifs is 2. The van der Waals surface area contributed by atoms with Gasteiger partial charge in [-0.25, -0.2) is 9.67 Å². The Balaban J connectivity index is 1.36. The molecule has 2 aromatic heterocycles. The minimum absolute atomic E-state index is 0.0667. The number of aromatic nitrogens is 3. The second-order valence-corrected chi connectivity index (χ2v) is 8.07. The van der Waals surface area contributed by atoms with Crippen LogP contribution in [0, 0.1) is 0 Å². The van der Waals surface area contributed by atoms with E-state index in [1.807, 2.05) is 29.2 Å². The smallest absolute Gasteiger partial charge is 0.267 e. The number of amides is 1. The van der Waals surface area contributed by atoms with Gasteiger partial charge in [-0.2, -0.15) is 5.10 Å². The van der Waals surface area contributed by atoms with E-state index in [0.29, 0.717) is 19.0 Å². The molecule has 2 atom stereocenters. The van der Waals surface area contributed by atoms with Crippen LogP contribution in [0.15, 0.2) is 39.5 Å². The van der Waals surface area contributed by atoms with Crippen molar-refractivity contribution in [2.24, 2.45) is 0 Å². The van der Waals surface area contributed by atoms with Crippen LogP contribution in [0.25, 0.3) is 11.1 Å². The summed E-state index contributed by atoms with van der Waals surface area (Å²) in [6, 6.07) is 8.74. The van der Waals surface area contributed by atoms with Crippen molar-refractivity contribution >= 4 is 17.0 Å². The number of carbonyl (C=O) groups is 1. The Morgan fingerprint density at radius 1 is 1.24 bits per heavy atom. The lowest BCUT2D eigenvalue weighted by Gasteiger charge is -2.33. The molecule has 1 aromatic carbocycles. The van der Waals surface area contributed by atoms with Crippen LogP contribution in [0.3, 0.4) is 0 Å². The molecule has 3 aromatic rings. The fourth-order valence-electron chi connectivity index (χ4n) is 4.51. The van der Waals surface area contributed by atoms with E-state index >= 15 is 0 Å². The third-order valence-electron chi connectivity index (χ3n) is 6.10. The molecule has 0 spiro atoms. The van der Waals surface area contributed by atoms with Gasteiger partial charge in [0.15, 0.2) is 11.5 Å². The zero-order valence-electron chi connectivity index (χ0n) is 16.5. The molecule has 0 radical (unpaired) electrons. The van der Waals surface area contributed by atoms with Gasteiger partial charge in [0.2, 0.25) is 5.91 Å². The van der Waals surface area contributed by atoms with Crippen molar-refractivity contribution in [3.63, 3.8) is 0 Å². The van der Waals surface area contributed by atoms with Crippen LogP contribution >= 0.6 is 0 Å². The van der Waals surface area contributed by atoms with E-state index < -0.39 is 6.04 Å². The number of carbonyl (C=O) groups excluding carboxylic acids is 1. The molecule has 150 valence electrons. The molecule has 0 N–H and O–H groups in total. The highest BCUT2D eigenvalue weighted by molar-refractivity contribution is 5.80. The number of aryl methyl sites for hydroxylation is 2. The lowest BCUT2D eigenvalue weighted by Crippen LogP contribution is -2.44. The van der Waals surface area contributed by atoms with E-state index in [0.717, 1.165) is 54.5 Å². The summed E-state index contributed by atoms with van der Waals surface area (Å²) in [4.78, 5) is 32.1. The van der Waals surface area contributed by atoms with E-state index in [1.54, 1.807) is 13.0 Å². The highest BCUT2D eigenvalue weighted by Gasteiger charge is 2.31. The minimum atomic E-state index is -0.615. The standard InChI is InChI=1S/C22H24N4O3/c1-14(26-20(27)12-15-6-4-9-17(15)24-26)22(28)25-11-5-7-16(13-25)21-23-18-8-2-3-10-19(18)29-21/h2-3,8,10,12,14,16H,4-7,9,11,13H2,1H3. The van der Waals surface area contributed by atoms with Crippen LogP contribution in [0.1, 0.15) is 55.3 Å². The van der Waals surface area contributed by atoms with E-state index in [9.17, 15) is 9.59 Å². The van der Waals surface area contributed by atoms with Crippen molar-refractivity contribution in [1.82, 2.24) is 19.7 Å². The molecule has 2 aliphatic rings. The van der Waals surface area contributed by atoms with Crippen molar-refractivity contribution in [1.29, 1.82) is 0 Å². The van der Waals surface area contributed by atoms with Gasteiger partial charge in [0.25, 0.3) is 5.56 Å². The Morgan fingerprint density at radius 3 is 2.97 bits per heavy atom. The van der Waals surface area contributed by atoms with Crippen LogP contribution in [0.4, 0.5) is 0 Å². The highest BCUT2D eigenvalue weighted by atomic mass is 16.3. The first kappa shape index (κ1) is 18.1. The van der Waals surface area contributed by atoms with Gasteiger partial charge in [0.05, 0.1) is 11.6 Å². The van der Waals surface area contributed by atoms with E-state index in [2.05, 4.69) is 10.1 Å². The largest absolute Gasteiger partial charge is 0.440 e. The number of para-hydroxylation sites is 2. The highest BCUT2D eigenvalue weighted by Crippen LogP contribution is 2.30. The first-order valence-electron chi connectivity index (χ1n) is 10.4. The molecule has 0 bridgehead atoms. The van der Waals surface area contributed by atoms with Gasteiger partial charge < -0.3 is 9.32 Å². The van der Waals surface area contributed by atoms with Gasteiger partial charge in [0.1, 0.15) is 11.6 Å². The SMILES string of the molecule is CC(C(=O)N1CCCC(c2nc3ccccc3o2)C1)n1nc2c(cc1=O)CCC2. The monoisotopic (exact) mass is 392 g/mol. The molecule has 1 aliphatic carbocycles. The quantitative estimate of drug-likeness (QED) is 0.685. The van der Waals surface area contributed by atoms with Gasteiger partial charge in [-0.05, 0) is 56.7 Å². The van der Waals surface area contributed by atoms with Gasteiger partial charge in [-0.3, -0.25) is 9.59 Å². The average molecular weight is 392 g/mol. The Bertz CT molecular complexity index is 1100. The summed E-state index contributed by atoms with van der Waals surface area (Å²) in [7, 11) is 0. The summed E-state index contributed by atoms with van der Waals surface area (Å²) in [6.07, 6.45) is 4.61. The summed E-state index contributed by atoms with van der Waals surface area (Å²) < 4.78 is 7.29. The second-order valence-electron chi connectivity index (χ2n) is 8.07. The molecule has 1 aliphatic heterocycles. The van der Waals surface area contributed by atoms with Crippen molar-refractivity contribution in [3.8, 4) is 0 Å². The van der Waals surface area contributed by atoms with Crippen LogP contribution in [0.2, 0.25) is 0 Å². The second kappa shape index (κ2) is 7.13. The van der Waals surface area contributed by atoms with Crippen LogP contribution in [-0.2, 0) is 17.6 Å². The molecule has 7 nitrogen and oxygen atoms in total.